The third kappa shape index (κ3) is 4.86. The van der Waals surface area contributed by atoms with E-state index in [0.717, 1.165) is 51.4 Å². The fraction of sp³-hybridized carbons (Fsp3) is 0.545. The summed E-state index contributed by atoms with van der Waals surface area (Å²) in [4.78, 5) is 42.3. The molecule has 0 spiro atoms. The van der Waals surface area contributed by atoms with Crippen LogP contribution >= 0.6 is 11.8 Å². The van der Waals surface area contributed by atoms with Crippen LogP contribution < -0.4 is 16.2 Å². The molecule has 0 bridgehead atoms. The maximum Gasteiger partial charge on any atom is 0.321 e. The first kappa shape index (κ1) is 20.9. The molecule has 0 atom stereocenters. The summed E-state index contributed by atoms with van der Waals surface area (Å²) in [5.41, 5.74) is 0.589. The third-order valence-corrected chi connectivity index (χ3v) is 6.94. The Morgan fingerprint density at radius 1 is 1.03 bits per heavy atom. The minimum atomic E-state index is -0.441. The van der Waals surface area contributed by atoms with E-state index in [1.54, 1.807) is 10.6 Å². The summed E-state index contributed by atoms with van der Waals surface area (Å²) >= 11 is 1.22. The molecule has 2 aliphatic carbocycles. The van der Waals surface area contributed by atoms with Gasteiger partial charge in [-0.05, 0) is 37.8 Å². The van der Waals surface area contributed by atoms with Crippen molar-refractivity contribution in [2.45, 2.75) is 75.0 Å². The summed E-state index contributed by atoms with van der Waals surface area (Å²) < 4.78 is 1.78. The van der Waals surface area contributed by atoms with Crippen LogP contribution in [0.15, 0.2) is 34.2 Å². The predicted octanol–water partition coefficient (Wildman–Crippen LogP) is 3.76. The van der Waals surface area contributed by atoms with E-state index in [4.69, 9.17) is 4.98 Å². The normalized spacial score (nSPS) is 17.9. The second-order valence-electron chi connectivity index (χ2n) is 8.17. The van der Waals surface area contributed by atoms with Crippen LogP contribution in [0.2, 0.25) is 0 Å². The molecule has 0 saturated heterocycles. The molecule has 160 valence electrons. The van der Waals surface area contributed by atoms with Gasteiger partial charge in [0.15, 0.2) is 5.16 Å². The summed E-state index contributed by atoms with van der Waals surface area (Å²) in [7, 11) is 0. The fourth-order valence-electron chi connectivity index (χ4n) is 4.47. The summed E-state index contributed by atoms with van der Waals surface area (Å²) in [5, 5.41) is 6.41. The maximum atomic E-state index is 13.2. The topological polar surface area (TPSA) is 93.1 Å². The number of nitrogens with one attached hydrogen (secondary N) is 2. The van der Waals surface area contributed by atoms with Crippen molar-refractivity contribution in [1.82, 2.24) is 20.2 Å². The molecular weight excluding hydrogens is 400 g/mol. The minimum Gasteiger partial charge on any atom is -0.335 e. The third-order valence-electron chi connectivity index (χ3n) is 5.99. The summed E-state index contributed by atoms with van der Waals surface area (Å²) in [6, 6.07) is 7.15. The Balaban J connectivity index is 1.48. The van der Waals surface area contributed by atoms with E-state index in [2.05, 4.69) is 10.6 Å². The number of rotatable bonds is 5. The Hall–Kier alpha value is -2.35. The highest BCUT2D eigenvalue weighted by Gasteiger charge is 2.23. The van der Waals surface area contributed by atoms with E-state index in [1.807, 2.05) is 18.2 Å². The van der Waals surface area contributed by atoms with E-state index >= 15 is 0 Å². The van der Waals surface area contributed by atoms with Crippen LogP contribution in [0.3, 0.4) is 0 Å². The monoisotopic (exact) mass is 428 g/mol. The van der Waals surface area contributed by atoms with Crippen molar-refractivity contribution in [2.75, 3.05) is 5.75 Å². The number of aromatic nitrogens is 2. The standard InChI is InChI=1S/C22H28N4O3S/c27-19(25-21(29)23-15-8-4-5-9-15)14-30-22-24-18-13-7-6-12-17(18)20(28)26(22)16-10-2-1-3-11-16/h6-7,12-13,15-16H,1-5,8-11,14H2,(H2,23,25,27,29). The lowest BCUT2D eigenvalue weighted by Crippen LogP contribution is -2.44. The lowest BCUT2D eigenvalue weighted by Gasteiger charge is -2.26. The van der Waals surface area contributed by atoms with Crippen LogP contribution in [0.25, 0.3) is 10.9 Å². The maximum absolute atomic E-state index is 13.2. The highest BCUT2D eigenvalue weighted by molar-refractivity contribution is 7.99. The van der Waals surface area contributed by atoms with Crippen LogP contribution in [-0.4, -0.2) is 33.3 Å². The molecule has 3 amide bonds. The molecular formula is C22H28N4O3S. The first-order valence-electron chi connectivity index (χ1n) is 10.9. The number of fused-ring (bicyclic) bond motifs is 1. The summed E-state index contributed by atoms with van der Waals surface area (Å²) in [5.74, 6) is -0.344. The van der Waals surface area contributed by atoms with E-state index in [9.17, 15) is 14.4 Å². The number of benzene rings is 1. The van der Waals surface area contributed by atoms with Crippen molar-refractivity contribution >= 4 is 34.6 Å². The molecule has 4 rings (SSSR count). The number of carbonyl (C=O) groups excluding carboxylic acids is 2. The molecule has 0 aliphatic heterocycles. The Morgan fingerprint density at radius 3 is 2.50 bits per heavy atom. The number of thioether (sulfide) groups is 1. The van der Waals surface area contributed by atoms with Crippen molar-refractivity contribution in [1.29, 1.82) is 0 Å². The van der Waals surface area contributed by atoms with Crippen molar-refractivity contribution in [3.63, 3.8) is 0 Å². The molecule has 2 aliphatic rings. The number of carbonyl (C=O) groups is 2. The van der Waals surface area contributed by atoms with Gasteiger partial charge in [-0.15, -0.1) is 0 Å². The van der Waals surface area contributed by atoms with E-state index in [1.165, 1.54) is 18.2 Å². The lowest BCUT2D eigenvalue weighted by atomic mass is 9.95. The van der Waals surface area contributed by atoms with Crippen LogP contribution in [0, 0.1) is 0 Å². The predicted molar refractivity (Wildman–Crippen MR) is 118 cm³/mol. The Labute approximate surface area is 180 Å². The zero-order chi connectivity index (χ0) is 20.9. The van der Waals surface area contributed by atoms with Crippen LogP contribution in [0.4, 0.5) is 4.79 Å². The molecule has 1 aromatic heterocycles. The van der Waals surface area contributed by atoms with Gasteiger partial charge in [0.1, 0.15) is 0 Å². The van der Waals surface area contributed by atoms with Gasteiger partial charge in [-0.25, -0.2) is 9.78 Å². The van der Waals surface area contributed by atoms with Crippen molar-refractivity contribution < 1.29 is 9.59 Å². The Kier molecular flexibility index (Phi) is 6.72. The molecule has 2 fully saturated rings. The summed E-state index contributed by atoms with van der Waals surface area (Å²) in [6.45, 7) is 0. The van der Waals surface area contributed by atoms with Gasteiger partial charge in [-0.3, -0.25) is 19.5 Å². The second kappa shape index (κ2) is 9.64. The average molecular weight is 429 g/mol. The number of amides is 3. The average Bonchev–Trinajstić information content (AvgIpc) is 3.26. The molecule has 2 aromatic rings. The Bertz CT molecular complexity index is 978. The first-order valence-corrected chi connectivity index (χ1v) is 11.8. The number of hydrogen-bond acceptors (Lipinski definition) is 5. The smallest absolute Gasteiger partial charge is 0.321 e. The number of nitrogens with zero attached hydrogens (tertiary/aromatic N) is 2. The Morgan fingerprint density at radius 2 is 1.73 bits per heavy atom. The zero-order valence-corrected chi connectivity index (χ0v) is 17.9. The number of urea groups is 1. The van der Waals surface area contributed by atoms with Gasteiger partial charge in [0, 0.05) is 12.1 Å². The quantitative estimate of drug-likeness (QED) is 0.559. The van der Waals surface area contributed by atoms with Gasteiger partial charge >= 0.3 is 6.03 Å². The summed E-state index contributed by atoms with van der Waals surface area (Å²) in [6.07, 6.45) is 9.42. The number of hydrogen-bond donors (Lipinski definition) is 2. The second-order valence-corrected chi connectivity index (χ2v) is 9.11. The number of para-hydroxylation sites is 1. The molecule has 0 radical (unpaired) electrons. The molecule has 2 N–H and O–H groups in total. The number of imide groups is 1. The minimum absolute atomic E-state index is 0.0373. The lowest BCUT2D eigenvalue weighted by molar-refractivity contribution is -0.117. The molecule has 1 heterocycles. The molecule has 30 heavy (non-hydrogen) atoms. The molecule has 2 saturated carbocycles. The van der Waals surface area contributed by atoms with Gasteiger partial charge < -0.3 is 5.32 Å². The molecule has 8 heteroatoms. The SMILES string of the molecule is O=C(CSc1nc2ccccc2c(=O)n1C1CCCCC1)NC(=O)NC1CCCC1. The van der Waals surface area contributed by atoms with Gasteiger partial charge in [0.25, 0.3) is 5.56 Å². The van der Waals surface area contributed by atoms with Crippen molar-refractivity contribution in [2.24, 2.45) is 0 Å². The van der Waals surface area contributed by atoms with E-state index < -0.39 is 6.03 Å². The molecule has 0 unspecified atom stereocenters. The largest absolute Gasteiger partial charge is 0.335 e. The highest BCUT2D eigenvalue weighted by atomic mass is 32.2. The van der Waals surface area contributed by atoms with Gasteiger partial charge in [0.2, 0.25) is 5.91 Å². The molecule has 1 aromatic carbocycles. The fourth-order valence-corrected chi connectivity index (χ4v) is 5.34. The van der Waals surface area contributed by atoms with Crippen LogP contribution in [0.1, 0.15) is 63.8 Å². The molecule has 7 nitrogen and oxygen atoms in total. The van der Waals surface area contributed by atoms with Crippen LogP contribution in [0.5, 0.6) is 0 Å². The van der Waals surface area contributed by atoms with Crippen molar-refractivity contribution in [3.05, 3.63) is 34.6 Å². The van der Waals surface area contributed by atoms with Crippen molar-refractivity contribution in [3.8, 4) is 0 Å². The zero-order valence-electron chi connectivity index (χ0n) is 17.1. The van der Waals surface area contributed by atoms with Gasteiger partial charge in [-0.2, -0.15) is 0 Å². The van der Waals surface area contributed by atoms with Gasteiger partial charge in [-0.1, -0.05) is 56.0 Å². The first-order chi connectivity index (χ1) is 14.6. The van der Waals surface area contributed by atoms with E-state index in [0.29, 0.717) is 16.1 Å². The van der Waals surface area contributed by atoms with Crippen LogP contribution in [-0.2, 0) is 4.79 Å². The van der Waals surface area contributed by atoms with E-state index in [-0.39, 0.29) is 29.3 Å². The highest BCUT2D eigenvalue weighted by Crippen LogP contribution is 2.31. The van der Waals surface area contributed by atoms with Gasteiger partial charge in [0.05, 0.1) is 16.7 Å².